The zero-order chi connectivity index (χ0) is 14.9. The van der Waals surface area contributed by atoms with Gasteiger partial charge < -0.3 is 14.5 Å². The third kappa shape index (κ3) is 3.68. The van der Waals surface area contributed by atoms with Gasteiger partial charge in [0.1, 0.15) is 11.5 Å². The molecule has 2 atom stereocenters. The standard InChI is InChI=1S/C17H28N2O2/c1-13-10-15(13)16-5-4-14(21-16)11-18-12-17(2,3)19-6-8-20-9-7-19/h4-5,13,15,18H,6-12H2,1-3H3. The monoisotopic (exact) mass is 292 g/mol. The molecule has 0 spiro atoms. The molecule has 118 valence electrons. The van der Waals surface area contributed by atoms with Gasteiger partial charge in [-0.1, -0.05) is 6.92 Å². The fourth-order valence-corrected chi connectivity index (χ4v) is 3.18. The van der Waals surface area contributed by atoms with E-state index in [0.717, 1.165) is 51.1 Å². The number of hydrogen-bond acceptors (Lipinski definition) is 4. The van der Waals surface area contributed by atoms with Gasteiger partial charge in [0.15, 0.2) is 0 Å². The van der Waals surface area contributed by atoms with Crippen LogP contribution in [0.1, 0.15) is 44.6 Å². The minimum atomic E-state index is 0.157. The number of nitrogens with zero attached hydrogens (tertiary/aromatic N) is 1. The molecule has 1 aromatic heterocycles. The summed E-state index contributed by atoms with van der Waals surface area (Å²) in [5.41, 5.74) is 0.157. The first-order valence-corrected chi connectivity index (χ1v) is 8.18. The van der Waals surface area contributed by atoms with E-state index in [1.54, 1.807) is 0 Å². The number of furan rings is 1. The van der Waals surface area contributed by atoms with Gasteiger partial charge in [-0.3, -0.25) is 4.90 Å². The second-order valence-corrected chi connectivity index (χ2v) is 7.14. The Kier molecular flexibility index (Phi) is 4.38. The summed E-state index contributed by atoms with van der Waals surface area (Å²) >= 11 is 0. The zero-order valence-corrected chi connectivity index (χ0v) is 13.5. The first-order valence-electron chi connectivity index (χ1n) is 8.18. The molecule has 21 heavy (non-hydrogen) atoms. The van der Waals surface area contributed by atoms with E-state index in [-0.39, 0.29) is 5.54 Å². The minimum Gasteiger partial charge on any atom is -0.464 e. The van der Waals surface area contributed by atoms with Gasteiger partial charge in [-0.15, -0.1) is 0 Å². The quantitative estimate of drug-likeness (QED) is 0.874. The molecule has 0 amide bonds. The maximum atomic E-state index is 5.94. The molecule has 1 saturated heterocycles. The number of hydrogen-bond donors (Lipinski definition) is 1. The fourth-order valence-electron chi connectivity index (χ4n) is 3.18. The molecule has 0 aromatic carbocycles. The third-order valence-corrected chi connectivity index (χ3v) is 4.88. The average Bonchev–Trinajstić information content (AvgIpc) is 3.02. The van der Waals surface area contributed by atoms with E-state index in [2.05, 4.69) is 43.1 Å². The van der Waals surface area contributed by atoms with Crippen LogP contribution in [0.2, 0.25) is 0 Å². The van der Waals surface area contributed by atoms with Gasteiger partial charge >= 0.3 is 0 Å². The van der Waals surface area contributed by atoms with Crippen LogP contribution in [0.5, 0.6) is 0 Å². The molecule has 0 radical (unpaired) electrons. The molecule has 2 aliphatic rings. The van der Waals surface area contributed by atoms with Crippen molar-refractivity contribution in [3.63, 3.8) is 0 Å². The summed E-state index contributed by atoms with van der Waals surface area (Å²) < 4.78 is 11.4. The van der Waals surface area contributed by atoms with E-state index in [0.29, 0.717) is 5.92 Å². The van der Waals surface area contributed by atoms with E-state index in [4.69, 9.17) is 9.15 Å². The lowest BCUT2D eigenvalue weighted by molar-refractivity contribution is -0.00977. The van der Waals surface area contributed by atoms with Gasteiger partial charge in [0.05, 0.1) is 19.8 Å². The summed E-state index contributed by atoms with van der Waals surface area (Å²) in [7, 11) is 0. The minimum absolute atomic E-state index is 0.157. The van der Waals surface area contributed by atoms with Crippen molar-refractivity contribution in [2.75, 3.05) is 32.8 Å². The Hall–Kier alpha value is -0.840. The predicted molar refractivity (Wildman–Crippen MR) is 83.4 cm³/mol. The number of nitrogens with one attached hydrogen (secondary N) is 1. The highest BCUT2D eigenvalue weighted by Crippen LogP contribution is 2.47. The van der Waals surface area contributed by atoms with Crippen LogP contribution >= 0.6 is 0 Å². The Bertz CT molecular complexity index is 463. The van der Waals surface area contributed by atoms with Gasteiger partial charge in [0, 0.05) is 31.1 Å². The lowest BCUT2D eigenvalue weighted by Crippen LogP contribution is -2.54. The van der Waals surface area contributed by atoms with Crippen molar-refractivity contribution in [2.24, 2.45) is 5.92 Å². The maximum Gasteiger partial charge on any atom is 0.117 e. The van der Waals surface area contributed by atoms with Crippen molar-refractivity contribution in [1.29, 1.82) is 0 Å². The number of morpholine rings is 1. The molecule has 0 bridgehead atoms. The zero-order valence-electron chi connectivity index (χ0n) is 13.5. The van der Waals surface area contributed by atoms with Crippen LogP contribution < -0.4 is 5.32 Å². The van der Waals surface area contributed by atoms with Crippen LogP contribution in [0.4, 0.5) is 0 Å². The molecule has 2 unspecified atom stereocenters. The Morgan fingerprint density at radius 3 is 2.67 bits per heavy atom. The van der Waals surface area contributed by atoms with Crippen molar-refractivity contribution < 1.29 is 9.15 Å². The summed E-state index contributed by atoms with van der Waals surface area (Å²) in [6.07, 6.45) is 1.28. The van der Waals surface area contributed by atoms with Crippen molar-refractivity contribution >= 4 is 0 Å². The topological polar surface area (TPSA) is 37.6 Å². The van der Waals surface area contributed by atoms with Crippen LogP contribution in [0.25, 0.3) is 0 Å². The SMILES string of the molecule is CC1CC1c1ccc(CNCC(C)(C)N2CCOCC2)o1. The molecule has 2 heterocycles. The molecule has 1 aromatic rings. The van der Waals surface area contributed by atoms with Gasteiger partial charge in [0.2, 0.25) is 0 Å². The van der Waals surface area contributed by atoms with Crippen molar-refractivity contribution in [3.05, 3.63) is 23.7 Å². The smallest absolute Gasteiger partial charge is 0.117 e. The Morgan fingerprint density at radius 1 is 1.29 bits per heavy atom. The summed E-state index contributed by atoms with van der Waals surface area (Å²) in [6, 6.07) is 4.27. The second kappa shape index (κ2) is 6.11. The third-order valence-electron chi connectivity index (χ3n) is 4.88. The summed E-state index contributed by atoms with van der Waals surface area (Å²) in [6.45, 7) is 12.4. The van der Waals surface area contributed by atoms with E-state index in [1.807, 2.05) is 0 Å². The van der Waals surface area contributed by atoms with Gasteiger partial charge in [-0.2, -0.15) is 0 Å². The van der Waals surface area contributed by atoms with Crippen molar-refractivity contribution in [1.82, 2.24) is 10.2 Å². The Balaban J connectivity index is 1.45. The molecule has 1 N–H and O–H groups in total. The normalized spacial score (nSPS) is 27.0. The van der Waals surface area contributed by atoms with E-state index < -0.39 is 0 Å². The van der Waals surface area contributed by atoms with E-state index in [9.17, 15) is 0 Å². The number of ether oxygens (including phenoxy) is 1. The molecular formula is C17H28N2O2. The van der Waals surface area contributed by atoms with Crippen LogP contribution in [0, 0.1) is 5.92 Å². The first kappa shape index (κ1) is 15.1. The average molecular weight is 292 g/mol. The van der Waals surface area contributed by atoms with Crippen molar-refractivity contribution in [2.45, 2.75) is 45.2 Å². The van der Waals surface area contributed by atoms with E-state index in [1.165, 1.54) is 12.2 Å². The highest BCUT2D eigenvalue weighted by Gasteiger charge is 2.36. The van der Waals surface area contributed by atoms with Crippen LogP contribution in [-0.2, 0) is 11.3 Å². The summed E-state index contributed by atoms with van der Waals surface area (Å²) in [5.74, 6) is 3.70. The fraction of sp³-hybridized carbons (Fsp3) is 0.765. The molecule has 4 heteroatoms. The lowest BCUT2D eigenvalue weighted by Gasteiger charge is -2.41. The summed E-state index contributed by atoms with van der Waals surface area (Å²) in [4.78, 5) is 2.50. The Labute approximate surface area is 127 Å². The largest absolute Gasteiger partial charge is 0.464 e. The van der Waals surface area contributed by atoms with Gasteiger partial charge in [-0.25, -0.2) is 0 Å². The molecule has 3 rings (SSSR count). The highest BCUT2D eigenvalue weighted by atomic mass is 16.5. The van der Waals surface area contributed by atoms with E-state index >= 15 is 0 Å². The molecule has 4 nitrogen and oxygen atoms in total. The highest BCUT2D eigenvalue weighted by molar-refractivity contribution is 5.17. The van der Waals surface area contributed by atoms with Crippen LogP contribution in [0.3, 0.4) is 0 Å². The molecule has 1 saturated carbocycles. The Morgan fingerprint density at radius 2 is 2.00 bits per heavy atom. The predicted octanol–water partition coefficient (Wildman–Crippen LogP) is 2.60. The molecule has 2 fully saturated rings. The number of rotatable bonds is 6. The summed E-state index contributed by atoms with van der Waals surface area (Å²) in [5, 5.41) is 3.55. The van der Waals surface area contributed by atoms with Gasteiger partial charge in [0.25, 0.3) is 0 Å². The van der Waals surface area contributed by atoms with Gasteiger partial charge in [-0.05, 0) is 38.3 Å². The maximum absolute atomic E-state index is 5.94. The van der Waals surface area contributed by atoms with Crippen molar-refractivity contribution in [3.8, 4) is 0 Å². The molecular weight excluding hydrogens is 264 g/mol. The second-order valence-electron chi connectivity index (χ2n) is 7.14. The molecule has 1 aliphatic heterocycles. The molecule has 1 aliphatic carbocycles. The lowest BCUT2D eigenvalue weighted by atomic mass is 10.0. The van der Waals surface area contributed by atoms with Crippen LogP contribution in [-0.4, -0.2) is 43.3 Å². The van der Waals surface area contributed by atoms with Crippen LogP contribution in [0.15, 0.2) is 16.5 Å². The first-order chi connectivity index (χ1) is 10.1.